The van der Waals surface area contributed by atoms with Crippen LogP contribution in [0.3, 0.4) is 0 Å². The molecule has 0 spiro atoms. The van der Waals surface area contributed by atoms with Crippen molar-refractivity contribution in [2.45, 2.75) is 12.1 Å². The monoisotopic (exact) mass is 216 g/mol. The fraction of sp³-hybridized carbons (Fsp3) is 0.286. The van der Waals surface area contributed by atoms with Crippen molar-refractivity contribution in [1.29, 1.82) is 0 Å². The molecule has 76 valence electrons. The van der Waals surface area contributed by atoms with Gasteiger partial charge in [-0.05, 0) is 6.92 Å². The Kier molecular flexibility index (Phi) is 2.52. The van der Waals surface area contributed by atoms with Gasteiger partial charge >= 0.3 is 5.97 Å². The minimum Gasteiger partial charge on any atom is -0.478 e. The molecular weight excluding hydrogens is 208 g/mol. The van der Waals surface area contributed by atoms with Gasteiger partial charge in [0, 0.05) is 12.5 Å². The molecule has 0 unspecified atom stereocenters. The van der Waals surface area contributed by atoms with Crippen molar-refractivity contribution in [2.75, 3.05) is 6.26 Å². The molecule has 0 saturated heterocycles. The Labute approximate surface area is 80.5 Å². The van der Waals surface area contributed by atoms with Gasteiger partial charge in [0.2, 0.25) is 15.0 Å². The van der Waals surface area contributed by atoms with Crippen molar-refractivity contribution in [2.24, 2.45) is 0 Å². The van der Waals surface area contributed by atoms with E-state index in [0.717, 1.165) is 12.5 Å². The molecule has 1 heterocycles. The third-order valence-electron chi connectivity index (χ3n) is 1.52. The second-order valence-electron chi connectivity index (χ2n) is 2.73. The van der Waals surface area contributed by atoms with Crippen molar-refractivity contribution < 1.29 is 18.3 Å². The molecule has 1 aromatic heterocycles. The van der Waals surface area contributed by atoms with Crippen LogP contribution in [0.2, 0.25) is 0 Å². The summed E-state index contributed by atoms with van der Waals surface area (Å²) in [6.07, 6.45) is 1.95. The fourth-order valence-corrected chi connectivity index (χ4v) is 1.38. The van der Waals surface area contributed by atoms with E-state index in [1.54, 1.807) is 0 Å². The van der Waals surface area contributed by atoms with Gasteiger partial charge in [0.1, 0.15) is 0 Å². The third-order valence-corrected chi connectivity index (χ3v) is 2.38. The summed E-state index contributed by atoms with van der Waals surface area (Å²) in [7, 11) is -3.48. The molecule has 0 aliphatic heterocycles. The minimum atomic E-state index is -3.48. The lowest BCUT2D eigenvalue weighted by Gasteiger charge is -2.00. The van der Waals surface area contributed by atoms with E-state index in [0.29, 0.717) is 0 Å². The lowest BCUT2D eigenvalue weighted by atomic mass is 10.2. The highest BCUT2D eigenvalue weighted by Crippen LogP contribution is 2.07. The lowest BCUT2D eigenvalue weighted by Crippen LogP contribution is -2.09. The summed E-state index contributed by atoms with van der Waals surface area (Å²) in [6.45, 7) is 1.42. The fourth-order valence-electron chi connectivity index (χ4n) is 0.834. The highest BCUT2D eigenvalue weighted by atomic mass is 32.2. The van der Waals surface area contributed by atoms with E-state index in [1.165, 1.54) is 6.92 Å². The Morgan fingerprint density at radius 3 is 2.43 bits per heavy atom. The molecule has 1 N–H and O–H groups in total. The molecule has 14 heavy (non-hydrogen) atoms. The molecule has 0 atom stereocenters. The normalized spacial score (nSPS) is 11.3. The van der Waals surface area contributed by atoms with E-state index in [1.807, 2.05) is 0 Å². The zero-order valence-electron chi connectivity index (χ0n) is 7.55. The summed E-state index contributed by atoms with van der Waals surface area (Å²) in [5.41, 5.74) is 0.0327. The van der Waals surface area contributed by atoms with Gasteiger partial charge in [0.25, 0.3) is 0 Å². The van der Waals surface area contributed by atoms with E-state index in [-0.39, 0.29) is 16.4 Å². The molecule has 0 aliphatic carbocycles. The number of aryl methyl sites for hydroxylation is 1. The number of hydrogen-bond donors (Lipinski definition) is 1. The van der Waals surface area contributed by atoms with Gasteiger partial charge in [0.05, 0.1) is 11.3 Å². The third kappa shape index (κ3) is 2.05. The molecule has 0 aliphatic rings. The molecule has 0 bridgehead atoms. The van der Waals surface area contributed by atoms with Gasteiger partial charge < -0.3 is 5.11 Å². The van der Waals surface area contributed by atoms with Crippen molar-refractivity contribution in [3.05, 3.63) is 17.5 Å². The Morgan fingerprint density at radius 1 is 1.50 bits per heavy atom. The quantitative estimate of drug-likeness (QED) is 0.692. The molecule has 1 rings (SSSR count). The highest BCUT2D eigenvalue weighted by Gasteiger charge is 2.15. The van der Waals surface area contributed by atoms with Crippen LogP contribution in [0.5, 0.6) is 0 Å². The number of aromatic nitrogens is 2. The number of nitrogens with zero attached hydrogens (tertiary/aromatic N) is 2. The second kappa shape index (κ2) is 3.33. The summed E-state index contributed by atoms with van der Waals surface area (Å²) in [5.74, 6) is -1.18. The molecule has 0 radical (unpaired) electrons. The Balaban J connectivity index is 3.34. The number of carboxylic acid groups (broad SMARTS) is 1. The van der Waals surface area contributed by atoms with Crippen LogP contribution < -0.4 is 0 Å². The first-order chi connectivity index (χ1) is 6.32. The topological polar surface area (TPSA) is 97.2 Å². The minimum absolute atomic E-state index is 0.0996. The van der Waals surface area contributed by atoms with E-state index >= 15 is 0 Å². The molecule has 0 fully saturated rings. The number of rotatable bonds is 2. The maximum atomic E-state index is 11.0. The zero-order chi connectivity index (χ0) is 10.9. The van der Waals surface area contributed by atoms with Crippen molar-refractivity contribution in [3.8, 4) is 0 Å². The van der Waals surface area contributed by atoms with Crippen LogP contribution in [0.15, 0.2) is 11.4 Å². The average molecular weight is 216 g/mol. The van der Waals surface area contributed by atoms with Gasteiger partial charge in [-0.1, -0.05) is 0 Å². The van der Waals surface area contributed by atoms with Gasteiger partial charge in [-0.3, -0.25) is 0 Å². The van der Waals surface area contributed by atoms with Gasteiger partial charge in [-0.25, -0.2) is 23.2 Å². The predicted octanol–water partition coefficient (Wildman–Crippen LogP) is -0.113. The van der Waals surface area contributed by atoms with Crippen LogP contribution in [0.1, 0.15) is 16.1 Å². The lowest BCUT2D eigenvalue weighted by molar-refractivity contribution is 0.0694. The maximum absolute atomic E-state index is 11.0. The van der Waals surface area contributed by atoms with Crippen LogP contribution in [0.25, 0.3) is 0 Å². The summed E-state index contributed by atoms with van der Waals surface area (Å²) in [4.78, 5) is 17.6. The van der Waals surface area contributed by atoms with Gasteiger partial charge in [0.15, 0.2) is 0 Å². The first-order valence-electron chi connectivity index (χ1n) is 3.59. The summed E-state index contributed by atoms with van der Waals surface area (Å²) < 4.78 is 22.0. The zero-order valence-corrected chi connectivity index (χ0v) is 8.37. The van der Waals surface area contributed by atoms with E-state index in [2.05, 4.69) is 9.97 Å². The number of carbonyl (C=O) groups is 1. The first-order valence-corrected chi connectivity index (χ1v) is 5.48. The molecule has 0 aromatic carbocycles. The van der Waals surface area contributed by atoms with Crippen LogP contribution in [0.4, 0.5) is 0 Å². The average Bonchev–Trinajstić information content (AvgIpc) is 2.01. The smallest absolute Gasteiger partial charge is 0.339 e. The van der Waals surface area contributed by atoms with Crippen LogP contribution in [-0.2, 0) is 9.84 Å². The molecule has 1 aromatic rings. The molecule has 6 nitrogen and oxygen atoms in total. The molecule has 7 heteroatoms. The van der Waals surface area contributed by atoms with E-state index in [9.17, 15) is 13.2 Å². The molecule has 0 amide bonds. The highest BCUT2D eigenvalue weighted by molar-refractivity contribution is 7.90. The number of sulfone groups is 1. The van der Waals surface area contributed by atoms with Crippen LogP contribution in [0, 0.1) is 6.92 Å². The van der Waals surface area contributed by atoms with Gasteiger partial charge in [-0.15, -0.1) is 0 Å². The van der Waals surface area contributed by atoms with Crippen LogP contribution >= 0.6 is 0 Å². The number of hydrogen-bond acceptors (Lipinski definition) is 5. The largest absolute Gasteiger partial charge is 0.478 e. The SMILES string of the molecule is Cc1nc(S(C)(=O)=O)ncc1C(=O)O. The predicted molar refractivity (Wildman–Crippen MR) is 46.8 cm³/mol. The first kappa shape index (κ1) is 10.6. The summed E-state index contributed by atoms with van der Waals surface area (Å²) >= 11 is 0. The van der Waals surface area contributed by atoms with Gasteiger partial charge in [-0.2, -0.15) is 0 Å². The standard InChI is InChI=1S/C7H8N2O4S/c1-4-5(6(10)11)3-8-7(9-4)14(2,12)13/h3H,1-2H3,(H,10,11). The summed E-state index contributed by atoms with van der Waals surface area (Å²) in [5, 5.41) is 8.27. The van der Waals surface area contributed by atoms with E-state index < -0.39 is 15.8 Å². The van der Waals surface area contributed by atoms with Crippen molar-refractivity contribution >= 4 is 15.8 Å². The van der Waals surface area contributed by atoms with Crippen molar-refractivity contribution in [3.63, 3.8) is 0 Å². The van der Waals surface area contributed by atoms with Crippen molar-refractivity contribution in [1.82, 2.24) is 9.97 Å². The Hall–Kier alpha value is -1.50. The maximum Gasteiger partial charge on any atom is 0.339 e. The Bertz CT molecular complexity index is 480. The Morgan fingerprint density at radius 2 is 2.07 bits per heavy atom. The molecular formula is C7H8N2O4S. The van der Waals surface area contributed by atoms with Crippen LogP contribution in [-0.4, -0.2) is 35.7 Å². The molecule has 0 saturated carbocycles. The number of carboxylic acids is 1. The number of aromatic carboxylic acids is 1. The second-order valence-corrected chi connectivity index (χ2v) is 4.64. The summed E-state index contributed by atoms with van der Waals surface area (Å²) in [6, 6.07) is 0. The van der Waals surface area contributed by atoms with E-state index in [4.69, 9.17) is 5.11 Å².